The van der Waals surface area contributed by atoms with Crippen LogP contribution in [0.2, 0.25) is 0 Å². The molecule has 0 bridgehead atoms. The quantitative estimate of drug-likeness (QED) is 0.641. The third-order valence-corrected chi connectivity index (χ3v) is 3.42. The summed E-state index contributed by atoms with van der Waals surface area (Å²) in [7, 11) is 0. The Kier molecular flexibility index (Phi) is 6.16. The first kappa shape index (κ1) is 18.5. The summed E-state index contributed by atoms with van der Waals surface area (Å²) in [4.78, 5) is 23.4. The first-order chi connectivity index (χ1) is 11.9. The molecule has 25 heavy (non-hydrogen) atoms. The van der Waals surface area contributed by atoms with Crippen LogP contribution in [0, 0.1) is 0 Å². The van der Waals surface area contributed by atoms with Crippen molar-refractivity contribution in [3.05, 3.63) is 65.7 Å². The van der Waals surface area contributed by atoms with Gasteiger partial charge in [-0.1, -0.05) is 36.4 Å². The molecule has 0 radical (unpaired) electrons. The maximum absolute atomic E-state index is 12.6. The largest absolute Gasteiger partial charge is 0.416 e. The van der Waals surface area contributed by atoms with E-state index in [9.17, 15) is 22.8 Å². The topological polar surface area (TPSA) is 58.2 Å². The van der Waals surface area contributed by atoms with Gasteiger partial charge in [-0.15, -0.1) is 0 Å². The lowest BCUT2D eigenvalue weighted by atomic mass is 10.1. The van der Waals surface area contributed by atoms with Crippen LogP contribution in [0.1, 0.15) is 17.5 Å². The van der Waals surface area contributed by atoms with E-state index in [1.54, 1.807) is 0 Å². The Morgan fingerprint density at radius 3 is 2.32 bits per heavy atom. The number of benzene rings is 2. The Morgan fingerprint density at radius 2 is 1.64 bits per heavy atom. The first-order valence-electron chi connectivity index (χ1n) is 7.66. The van der Waals surface area contributed by atoms with E-state index in [2.05, 4.69) is 10.6 Å². The number of aryl methyl sites for hydroxylation is 1. The highest BCUT2D eigenvalue weighted by Crippen LogP contribution is 2.30. The number of hydrogen-bond donors (Lipinski definition) is 2. The molecule has 0 aliphatic carbocycles. The van der Waals surface area contributed by atoms with Crippen molar-refractivity contribution in [2.45, 2.75) is 19.0 Å². The monoisotopic (exact) mass is 350 g/mol. The van der Waals surface area contributed by atoms with Gasteiger partial charge in [-0.3, -0.25) is 9.59 Å². The molecule has 0 aliphatic heterocycles. The number of nitrogens with one attached hydrogen (secondary N) is 2. The van der Waals surface area contributed by atoms with Crippen LogP contribution in [0.3, 0.4) is 0 Å². The van der Waals surface area contributed by atoms with Crippen molar-refractivity contribution in [3.63, 3.8) is 0 Å². The van der Waals surface area contributed by atoms with Gasteiger partial charge >= 0.3 is 18.0 Å². The van der Waals surface area contributed by atoms with Gasteiger partial charge in [0.1, 0.15) is 0 Å². The molecule has 2 rings (SSSR count). The minimum absolute atomic E-state index is 0.0840. The van der Waals surface area contributed by atoms with E-state index in [4.69, 9.17) is 0 Å². The molecule has 0 heterocycles. The molecule has 132 valence electrons. The van der Waals surface area contributed by atoms with Crippen LogP contribution in [-0.4, -0.2) is 18.4 Å². The summed E-state index contributed by atoms with van der Waals surface area (Å²) >= 11 is 0. The zero-order chi connectivity index (χ0) is 18.3. The standard InChI is InChI=1S/C18H17F3N2O2/c19-18(20,21)14-9-4-10-15(12-14)23-17(25)16(24)22-11-5-8-13-6-2-1-3-7-13/h1-4,6-7,9-10,12H,5,8,11H2,(H,22,24)(H,23,25). The number of amides is 2. The van der Waals surface area contributed by atoms with E-state index in [0.29, 0.717) is 13.0 Å². The molecule has 2 aromatic rings. The fourth-order valence-corrected chi connectivity index (χ4v) is 2.18. The van der Waals surface area contributed by atoms with Gasteiger partial charge < -0.3 is 10.6 Å². The molecule has 7 heteroatoms. The molecule has 0 atom stereocenters. The van der Waals surface area contributed by atoms with Crippen LogP contribution in [-0.2, 0) is 22.2 Å². The number of carbonyl (C=O) groups is 2. The fourth-order valence-electron chi connectivity index (χ4n) is 2.18. The number of hydrogen-bond acceptors (Lipinski definition) is 2. The van der Waals surface area contributed by atoms with Crippen molar-refractivity contribution in [2.24, 2.45) is 0 Å². The second-order valence-electron chi connectivity index (χ2n) is 5.38. The lowest BCUT2D eigenvalue weighted by Crippen LogP contribution is -2.36. The molecule has 0 saturated heterocycles. The molecule has 0 fully saturated rings. The molecule has 0 unspecified atom stereocenters. The molecular weight excluding hydrogens is 333 g/mol. The van der Waals surface area contributed by atoms with Gasteiger partial charge in [-0.05, 0) is 36.6 Å². The van der Waals surface area contributed by atoms with Crippen molar-refractivity contribution in [1.82, 2.24) is 5.32 Å². The smallest absolute Gasteiger partial charge is 0.348 e. The van der Waals surface area contributed by atoms with Crippen molar-refractivity contribution < 1.29 is 22.8 Å². The van der Waals surface area contributed by atoms with Gasteiger partial charge in [0, 0.05) is 12.2 Å². The van der Waals surface area contributed by atoms with Crippen molar-refractivity contribution in [1.29, 1.82) is 0 Å². The molecule has 0 aliphatic rings. The maximum Gasteiger partial charge on any atom is 0.416 e. The van der Waals surface area contributed by atoms with Crippen LogP contribution in [0.15, 0.2) is 54.6 Å². The maximum atomic E-state index is 12.6. The van der Waals surface area contributed by atoms with Crippen LogP contribution in [0.25, 0.3) is 0 Å². The summed E-state index contributed by atoms with van der Waals surface area (Å²) in [5.41, 5.74) is 0.137. The van der Waals surface area contributed by atoms with E-state index in [0.717, 1.165) is 30.2 Å². The van der Waals surface area contributed by atoms with Gasteiger partial charge in [0.15, 0.2) is 0 Å². The average molecular weight is 350 g/mol. The second-order valence-corrected chi connectivity index (χ2v) is 5.38. The Hall–Kier alpha value is -2.83. The Labute approximate surface area is 143 Å². The summed E-state index contributed by atoms with van der Waals surface area (Å²) in [6, 6.07) is 13.8. The first-order valence-corrected chi connectivity index (χ1v) is 7.66. The zero-order valence-corrected chi connectivity index (χ0v) is 13.3. The number of anilines is 1. The highest BCUT2D eigenvalue weighted by atomic mass is 19.4. The predicted octanol–water partition coefficient (Wildman–Crippen LogP) is 3.39. The predicted molar refractivity (Wildman–Crippen MR) is 87.8 cm³/mol. The average Bonchev–Trinajstić information content (AvgIpc) is 2.59. The lowest BCUT2D eigenvalue weighted by Gasteiger charge is -2.10. The number of carbonyl (C=O) groups excluding carboxylic acids is 2. The highest BCUT2D eigenvalue weighted by molar-refractivity contribution is 6.39. The third kappa shape index (κ3) is 5.95. The number of alkyl halides is 3. The molecule has 2 aromatic carbocycles. The molecule has 0 spiro atoms. The zero-order valence-electron chi connectivity index (χ0n) is 13.3. The Morgan fingerprint density at radius 1 is 0.920 bits per heavy atom. The minimum atomic E-state index is -4.51. The van der Waals surface area contributed by atoms with Crippen LogP contribution in [0.4, 0.5) is 18.9 Å². The van der Waals surface area contributed by atoms with Gasteiger partial charge in [-0.25, -0.2) is 0 Å². The summed E-state index contributed by atoms with van der Waals surface area (Å²) in [5, 5.41) is 4.61. The summed E-state index contributed by atoms with van der Waals surface area (Å²) in [5.74, 6) is -1.88. The molecular formula is C18H17F3N2O2. The Bertz CT molecular complexity index is 731. The van der Waals surface area contributed by atoms with Crippen molar-refractivity contribution in [3.8, 4) is 0 Å². The summed E-state index contributed by atoms with van der Waals surface area (Å²) < 4.78 is 37.9. The van der Waals surface area contributed by atoms with E-state index >= 15 is 0 Å². The minimum Gasteiger partial charge on any atom is -0.348 e. The van der Waals surface area contributed by atoms with E-state index in [1.165, 1.54) is 6.07 Å². The van der Waals surface area contributed by atoms with E-state index in [-0.39, 0.29) is 5.69 Å². The third-order valence-electron chi connectivity index (χ3n) is 3.42. The normalized spacial score (nSPS) is 11.0. The summed E-state index contributed by atoms with van der Waals surface area (Å²) in [6.45, 7) is 0.295. The second kappa shape index (κ2) is 8.32. The van der Waals surface area contributed by atoms with Gasteiger partial charge in [0.2, 0.25) is 0 Å². The van der Waals surface area contributed by atoms with Gasteiger partial charge in [-0.2, -0.15) is 13.2 Å². The summed E-state index contributed by atoms with van der Waals surface area (Å²) in [6.07, 6.45) is -3.12. The Balaban J connectivity index is 1.79. The van der Waals surface area contributed by atoms with Crippen LogP contribution >= 0.6 is 0 Å². The van der Waals surface area contributed by atoms with Crippen LogP contribution in [0.5, 0.6) is 0 Å². The van der Waals surface area contributed by atoms with Gasteiger partial charge in [0.05, 0.1) is 5.56 Å². The fraction of sp³-hybridized carbons (Fsp3) is 0.222. The van der Waals surface area contributed by atoms with E-state index < -0.39 is 23.6 Å². The van der Waals surface area contributed by atoms with Crippen molar-refractivity contribution >= 4 is 17.5 Å². The molecule has 4 nitrogen and oxygen atoms in total. The molecule has 0 aromatic heterocycles. The number of halogens is 3. The molecule has 0 saturated carbocycles. The number of rotatable bonds is 5. The lowest BCUT2D eigenvalue weighted by molar-refractivity contribution is -0.137. The SMILES string of the molecule is O=C(NCCCc1ccccc1)C(=O)Nc1cccc(C(F)(F)F)c1. The molecule has 2 amide bonds. The van der Waals surface area contributed by atoms with Crippen LogP contribution < -0.4 is 10.6 Å². The highest BCUT2D eigenvalue weighted by Gasteiger charge is 2.30. The molecule has 2 N–H and O–H groups in total. The van der Waals surface area contributed by atoms with Gasteiger partial charge in [0.25, 0.3) is 0 Å². The van der Waals surface area contributed by atoms with Crippen molar-refractivity contribution in [2.75, 3.05) is 11.9 Å². The van der Waals surface area contributed by atoms with E-state index in [1.807, 2.05) is 30.3 Å².